The van der Waals surface area contributed by atoms with Crippen LogP contribution in [0, 0.1) is 0 Å². The van der Waals surface area contributed by atoms with Crippen LogP contribution in [0.2, 0.25) is 0 Å². The van der Waals surface area contributed by atoms with Crippen molar-refractivity contribution in [2.24, 2.45) is 5.16 Å². The average Bonchev–Trinajstić information content (AvgIpc) is 2.36. The number of benzene rings is 1. The fourth-order valence-corrected chi connectivity index (χ4v) is 2.11. The summed E-state index contributed by atoms with van der Waals surface area (Å²) in [7, 11) is -1.68. The van der Waals surface area contributed by atoms with Gasteiger partial charge < -0.3 is 9.94 Å². The molecule has 0 bridgehead atoms. The van der Waals surface area contributed by atoms with E-state index in [1.54, 1.807) is 31.2 Å². The van der Waals surface area contributed by atoms with Crippen LogP contribution < -0.4 is 4.74 Å². The van der Waals surface area contributed by atoms with E-state index in [0.29, 0.717) is 11.3 Å². The molecule has 6 heteroatoms. The van der Waals surface area contributed by atoms with Crippen molar-refractivity contribution in [1.82, 2.24) is 0 Å². The van der Waals surface area contributed by atoms with Gasteiger partial charge in [-0.15, -0.1) is 0 Å². The van der Waals surface area contributed by atoms with E-state index in [9.17, 15) is 8.42 Å². The SMILES string of the molecule is CCS(=O)(=O)C/C(=N\O)c1ccc(OC)cc1. The van der Waals surface area contributed by atoms with Crippen molar-refractivity contribution >= 4 is 15.5 Å². The van der Waals surface area contributed by atoms with E-state index in [1.165, 1.54) is 7.11 Å². The average molecular weight is 257 g/mol. The zero-order valence-electron chi connectivity index (χ0n) is 9.75. The lowest BCUT2D eigenvalue weighted by Crippen LogP contribution is -2.18. The fourth-order valence-electron chi connectivity index (χ4n) is 1.26. The molecule has 0 saturated carbocycles. The lowest BCUT2D eigenvalue weighted by atomic mass is 10.1. The van der Waals surface area contributed by atoms with Gasteiger partial charge in [-0.3, -0.25) is 0 Å². The van der Waals surface area contributed by atoms with E-state index in [2.05, 4.69) is 5.16 Å². The molecule has 0 atom stereocenters. The largest absolute Gasteiger partial charge is 0.497 e. The van der Waals surface area contributed by atoms with Gasteiger partial charge in [0.25, 0.3) is 0 Å². The quantitative estimate of drug-likeness (QED) is 0.490. The van der Waals surface area contributed by atoms with Crippen LogP contribution in [0.5, 0.6) is 5.75 Å². The van der Waals surface area contributed by atoms with Crippen LogP contribution in [0.15, 0.2) is 29.4 Å². The Morgan fingerprint density at radius 2 is 1.94 bits per heavy atom. The molecule has 1 aromatic rings. The molecular weight excluding hydrogens is 242 g/mol. The molecular formula is C11H15NO4S. The first-order chi connectivity index (χ1) is 8.02. The lowest BCUT2D eigenvalue weighted by Gasteiger charge is -2.06. The van der Waals surface area contributed by atoms with E-state index in [1.807, 2.05) is 0 Å². The monoisotopic (exact) mass is 257 g/mol. The van der Waals surface area contributed by atoms with Crippen molar-refractivity contribution in [3.63, 3.8) is 0 Å². The number of rotatable bonds is 5. The van der Waals surface area contributed by atoms with Gasteiger partial charge in [-0.1, -0.05) is 12.1 Å². The smallest absolute Gasteiger partial charge is 0.155 e. The van der Waals surface area contributed by atoms with Crippen LogP contribution in [0.25, 0.3) is 0 Å². The Hall–Kier alpha value is -1.56. The molecule has 1 aromatic carbocycles. The zero-order valence-corrected chi connectivity index (χ0v) is 10.6. The second kappa shape index (κ2) is 5.67. The van der Waals surface area contributed by atoms with E-state index < -0.39 is 9.84 Å². The molecule has 1 N–H and O–H groups in total. The van der Waals surface area contributed by atoms with Crippen LogP contribution in [-0.4, -0.2) is 38.0 Å². The van der Waals surface area contributed by atoms with Crippen molar-refractivity contribution in [2.75, 3.05) is 18.6 Å². The first-order valence-electron chi connectivity index (χ1n) is 5.08. The fraction of sp³-hybridized carbons (Fsp3) is 0.364. The Morgan fingerprint density at radius 1 is 1.35 bits per heavy atom. The van der Waals surface area contributed by atoms with Crippen LogP contribution in [0.1, 0.15) is 12.5 Å². The highest BCUT2D eigenvalue weighted by Gasteiger charge is 2.15. The molecule has 0 amide bonds. The lowest BCUT2D eigenvalue weighted by molar-refractivity contribution is 0.319. The minimum absolute atomic E-state index is 0.0160. The molecule has 0 aliphatic heterocycles. The third-order valence-corrected chi connectivity index (χ3v) is 3.93. The molecule has 0 heterocycles. The molecule has 0 unspecified atom stereocenters. The maximum absolute atomic E-state index is 11.4. The Kier molecular flexibility index (Phi) is 4.51. The summed E-state index contributed by atoms with van der Waals surface area (Å²) in [6, 6.07) is 6.66. The summed E-state index contributed by atoms with van der Waals surface area (Å²) in [5, 5.41) is 11.9. The van der Waals surface area contributed by atoms with Gasteiger partial charge in [-0.2, -0.15) is 0 Å². The molecule has 0 spiro atoms. The molecule has 0 aliphatic carbocycles. The molecule has 0 fully saturated rings. The Labute approximate surface area is 101 Å². The summed E-state index contributed by atoms with van der Waals surface area (Å²) in [6.07, 6.45) is 0. The highest BCUT2D eigenvalue weighted by molar-refractivity contribution is 7.92. The van der Waals surface area contributed by atoms with Gasteiger partial charge in [0.05, 0.1) is 12.9 Å². The van der Waals surface area contributed by atoms with E-state index in [4.69, 9.17) is 9.94 Å². The molecule has 0 aliphatic rings. The van der Waals surface area contributed by atoms with Crippen LogP contribution in [-0.2, 0) is 9.84 Å². The number of nitrogens with zero attached hydrogens (tertiary/aromatic N) is 1. The number of hydrogen-bond acceptors (Lipinski definition) is 5. The van der Waals surface area contributed by atoms with Crippen LogP contribution in [0.4, 0.5) is 0 Å². The van der Waals surface area contributed by atoms with Crippen molar-refractivity contribution in [3.05, 3.63) is 29.8 Å². The van der Waals surface area contributed by atoms with Crippen molar-refractivity contribution in [3.8, 4) is 5.75 Å². The van der Waals surface area contributed by atoms with Gasteiger partial charge in [0.1, 0.15) is 11.5 Å². The Balaban J connectivity index is 2.95. The van der Waals surface area contributed by atoms with Crippen molar-refractivity contribution in [1.29, 1.82) is 0 Å². The molecule has 0 saturated heterocycles. The van der Waals surface area contributed by atoms with Gasteiger partial charge in [-0.05, 0) is 24.3 Å². The standard InChI is InChI=1S/C11H15NO4S/c1-3-17(14,15)8-11(12-13)9-4-6-10(16-2)7-5-9/h4-7,13H,3,8H2,1-2H3/b12-11+. The summed E-state index contributed by atoms with van der Waals surface area (Å²) in [5.74, 6) is 0.401. The number of sulfone groups is 1. The normalized spacial score (nSPS) is 12.5. The van der Waals surface area contributed by atoms with Crippen LogP contribution >= 0.6 is 0 Å². The predicted molar refractivity (Wildman–Crippen MR) is 65.6 cm³/mol. The minimum Gasteiger partial charge on any atom is -0.497 e. The molecule has 94 valence electrons. The summed E-state index contributed by atoms with van der Waals surface area (Å²) in [6.45, 7) is 1.55. The highest BCUT2D eigenvalue weighted by Crippen LogP contribution is 2.13. The van der Waals surface area contributed by atoms with Gasteiger partial charge >= 0.3 is 0 Å². The Morgan fingerprint density at radius 3 is 2.35 bits per heavy atom. The molecule has 5 nitrogen and oxygen atoms in total. The van der Waals surface area contributed by atoms with Crippen molar-refractivity contribution in [2.45, 2.75) is 6.92 Å². The van der Waals surface area contributed by atoms with Gasteiger partial charge in [0, 0.05) is 11.3 Å². The first-order valence-corrected chi connectivity index (χ1v) is 6.90. The molecule has 1 rings (SSSR count). The van der Waals surface area contributed by atoms with Crippen LogP contribution in [0.3, 0.4) is 0 Å². The van der Waals surface area contributed by atoms with E-state index in [0.717, 1.165) is 0 Å². The molecule has 17 heavy (non-hydrogen) atoms. The molecule has 0 radical (unpaired) electrons. The number of ether oxygens (including phenoxy) is 1. The van der Waals surface area contributed by atoms with E-state index >= 15 is 0 Å². The number of methoxy groups -OCH3 is 1. The zero-order chi connectivity index (χ0) is 12.9. The highest BCUT2D eigenvalue weighted by atomic mass is 32.2. The van der Waals surface area contributed by atoms with Gasteiger partial charge in [-0.25, -0.2) is 8.42 Å². The summed E-state index contributed by atoms with van der Waals surface area (Å²) in [4.78, 5) is 0. The second-order valence-corrected chi connectivity index (χ2v) is 5.80. The third kappa shape index (κ3) is 3.74. The van der Waals surface area contributed by atoms with E-state index in [-0.39, 0.29) is 17.2 Å². The van der Waals surface area contributed by atoms with Crippen molar-refractivity contribution < 1.29 is 18.4 Å². The second-order valence-electron chi connectivity index (χ2n) is 3.45. The predicted octanol–water partition coefficient (Wildman–Crippen LogP) is 1.31. The first kappa shape index (κ1) is 13.5. The number of oxime groups is 1. The van der Waals surface area contributed by atoms with Gasteiger partial charge in [0.2, 0.25) is 0 Å². The minimum atomic E-state index is -3.22. The summed E-state index contributed by atoms with van der Waals surface area (Å²) in [5.41, 5.74) is 0.694. The summed E-state index contributed by atoms with van der Waals surface area (Å²) >= 11 is 0. The maximum Gasteiger partial charge on any atom is 0.155 e. The summed E-state index contributed by atoms with van der Waals surface area (Å²) < 4.78 is 27.9. The Bertz CT molecular complexity index is 491. The third-order valence-electron chi connectivity index (χ3n) is 2.34. The van der Waals surface area contributed by atoms with Gasteiger partial charge in [0.15, 0.2) is 9.84 Å². The molecule has 0 aromatic heterocycles. The number of hydrogen-bond donors (Lipinski definition) is 1. The maximum atomic E-state index is 11.4. The topological polar surface area (TPSA) is 76.0 Å².